The maximum Gasteiger partial charge on any atom is 0.211 e. The highest BCUT2D eigenvalue weighted by molar-refractivity contribution is 6.31. The minimum atomic E-state index is -0.227. The Morgan fingerprint density at radius 1 is 1.57 bits per heavy atom. The summed E-state index contributed by atoms with van der Waals surface area (Å²) in [5.41, 5.74) is 6.29. The number of hydrogen-bond donors (Lipinski definition) is 1. The molecule has 0 fully saturated rings. The van der Waals surface area contributed by atoms with E-state index in [1.54, 1.807) is 19.2 Å². The molecule has 0 bridgehead atoms. The van der Waals surface area contributed by atoms with E-state index >= 15 is 0 Å². The number of oxazole rings is 1. The van der Waals surface area contributed by atoms with Crippen molar-refractivity contribution in [3.05, 3.63) is 29.6 Å². The average molecular weight is 213 g/mol. The van der Waals surface area contributed by atoms with E-state index in [2.05, 4.69) is 4.98 Å². The summed E-state index contributed by atoms with van der Waals surface area (Å²) < 4.78 is 10.3. The smallest absolute Gasteiger partial charge is 0.211 e. The molecule has 0 amide bonds. The van der Waals surface area contributed by atoms with Crippen LogP contribution in [0.1, 0.15) is 18.9 Å². The molecule has 0 saturated heterocycles. The van der Waals surface area contributed by atoms with Gasteiger partial charge in [0, 0.05) is 0 Å². The zero-order valence-electron chi connectivity index (χ0n) is 7.53. The van der Waals surface area contributed by atoms with Crippen molar-refractivity contribution < 1.29 is 8.83 Å². The van der Waals surface area contributed by atoms with Crippen LogP contribution < -0.4 is 5.73 Å². The van der Waals surface area contributed by atoms with Crippen molar-refractivity contribution in [3.8, 4) is 11.3 Å². The predicted octanol–water partition coefficient (Wildman–Crippen LogP) is 2.61. The van der Waals surface area contributed by atoms with Crippen LogP contribution in [-0.2, 0) is 0 Å². The highest BCUT2D eigenvalue weighted by atomic mass is 35.5. The van der Waals surface area contributed by atoms with Gasteiger partial charge in [-0.05, 0) is 24.6 Å². The Balaban J connectivity index is 2.39. The summed E-state index contributed by atoms with van der Waals surface area (Å²) in [7, 11) is 0. The Bertz CT molecular complexity index is 433. The van der Waals surface area contributed by atoms with Crippen LogP contribution in [0, 0.1) is 0 Å². The van der Waals surface area contributed by atoms with Crippen molar-refractivity contribution in [2.24, 2.45) is 5.73 Å². The minimum Gasteiger partial charge on any atom is -0.452 e. The van der Waals surface area contributed by atoms with Gasteiger partial charge in [0.1, 0.15) is 0 Å². The lowest BCUT2D eigenvalue weighted by molar-refractivity contribution is 0.473. The van der Waals surface area contributed by atoms with Crippen LogP contribution in [0.2, 0.25) is 5.22 Å². The van der Waals surface area contributed by atoms with Gasteiger partial charge >= 0.3 is 0 Å². The first-order chi connectivity index (χ1) is 6.68. The number of halogens is 1. The number of furan rings is 1. The summed E-state index contributed by atoms with van der Waals surface area (Å²) >= 11 is 5.78. The van der Waals surface area contributed by atoms with Gasteiger partial charge in [0.2, 0.25) is 11.1 Å². The Kier molecular flexibility index (Phi) is 2.31. The van der Waals surface area contributed by atoms with Crippen molar-refractivity contribution in [1.29, 1.82) is 0 Å². The normalized spacial score (nSPS) is 13.1. The summed E-state index contributed by atoms with van der Waals surface area (Å²) in [4.78, 5) is 4.02. The highest BCUT2D eigenvalue weighted by Gasteiger charge is 2.13. The van der Waals surface area contributed by atoms with Crippen LogP contribution in [-0.4, -0.2) is 4.98 Å². The van der Waals surface area contributed by atoms with E-state index in [0.717, 1.165) is 0 Å². The summed E-state index contributed by atoms with van der Waals surface area (Å²) in [6, 6.07) is 1.49. The van der Waals surface area contributed by atoms with Gasteiger partial charge in [-0.25, -0.2) is 4.98 Å². The van der Waals surface area contributed by atoms with Gasteiger partial charge in [-0.1, -0.05) is 0 Å². The second-order valence-electron chi connectivity index (χ2n) is 2.96. The molecule has 2 N–H and O–H groups in total. The third-order valence-electron chi connectivity index (χ3n) is 1.80. The molecule has 4 nitrogen and oxygen atoms in total. The van der Waals surface area contributed by atoms with Crippen molar-refractivity contribution >= 4 is 11.6 Å². The van der Waals surface area contributed by atoms with Crippen LogP contribution in [0.25, 0.3) is 11.3 Å². The Morgan fingerprint density at radius 2 is 2.36 bits per heavy atom. The minimum absolute atomic E-state index is 0.227. The van der Waals surface area contributed by atoms with E-state index in [-0.39, 0.29) is 11.3 Å². The van der Waals surface area contributed by atoms with Crippen molar-refractivity contribution in [3.63, 3.8) is 0 Å². The van der Waals surface area contributed by atoms with E-state index < -0.39 is 0 Å². The van der Waals surface area contributed by atoms with Gasteiger partial charge in [-0.3, -0.25) is 0 Å². The van der Waals surface area contributed by atoms with Crippen molar-refractivity contribution in [2.45, 2.75) is 13.0 Å². The molecular weight excluding hydrogens is 204 g/mol. The summed E-state index contributed by atoms with van der Waals surface area (Å²) in [6.45, 7) is 1.80. The van der Waals surface area contributed by atoms with Crippen molar-refractivity contribution in [1.82, 2.24) is 4.98 Å². The first kappa shape index (κ1) is 9.30. The van der Waals surface area contributed by atoms with Gasteiger partial charge in [-0.15, -0.1) is 0 Å². The molecule has 1 unspecified atom stereocenters. The molecule has 1 atom stereocenters. The summed E-state index contributed by atoms with van der Waals surface area (Å²) in [5.74, 6) is 1.05. The molecule has 5 heteroatoms. The Labute approximate surface area is 85.7 Å². The van der Waals surface area contributed by atoms with Crippen LogP contribution in [0.3, 0.4) is 0 Å². The van der Waals surface area contributed by atoms with E-state index in [0.29, 0.717) is 17.2 Å². The number of aromatic nitrogens is 1. The number of rotatable bonds is 2. The number of hydrogen-bond acceptors (Lipinski definition) is 4. The quantitative estimate of drug-likeness (QED) is 0.831. The second kappa shape index (κ2) is 3.48. The standard InChI is InChI=1S/C9H9ClN2O2/c1-5(11)9-12-4-7(14-9)6-2-3-13-8(6)10/h2-5H,11H2,1H3. The molecule has 0 aliphatic carbocycles. The van der Waals surface area contributed by atoms with E-state index in [9.17, 15) is 0 Å². The molecule has 2 aromatic heterocycles. The van der Waals surface area contributed by atoms with Gasteiger partial charge in [-0.2, -0.15) is 0 Å². The average Bonchev–Trinajstić information content (AvgIpc) is 2.71. The van der Waals surface area contributed by atoms with Crippen molar-refractivity contribution in [2.75, 3.05) is 0 Å². The Hall–Kier alpha value is -1.26. The fourth-order valence-corrected chi connectivity index (χ4v) is 1.30. The molecule has 0 aliphatic rings. The van der Waals surface area contributed by atoms with E-state index in [4.69, 9.17) is 26.2 Å². The van der Waals surface area contributed by atoms with Gasteiger partial charge in [0.25, 0.3) is 0 Å². The zero-order chi connectivity index (χ0) is 10.1. The van der Waals surface area contributed by atoms with Crippen LogP contribution in [0.4, 0.5) is 0 Å². The first-order valence-corrected chi connectivity index (χ1v) is 4.51. The highest BCUT2D eigenvalue weighted by Crippen LogP contribution is 2.29. The topological polar surface area (TPSA) is 65.2 Å². The molecular formula is C9H9ClN2O2. The monoisotopic (exact) mass is 212 g/mol. The van der Waals surface area contributed by atoms with Crippen LogP contribution >= 0.6 is 11.6 Å². The Morgan fingerprint density at radius 3 is 2.86 bits per heavy atom. The molecule has 2 rings (SSSR count). The van der Waals surface area contributed by atoms with Crippen LogP contribution in [0.5, 0.6) is 0 Å². The fraction of sp³-hybridized carbons (Fsp3) is 0.222. The van der Waals surface area contributed by atoms with Gasteiger partial charge in [0.15, 0.2) is 5.76 Å². The fourth-order valence-electron chi connectivity index (χ4n) is 1.09. The molecule has 14 heavy (non-hydrogen) atoms. The first-order valence-electron chi connectivity index (χ1n) is 4.13. The third kappa shape index (κ3) is 1.54. The lowest BCUT2D eigenvalue weighted by Crippen LogP contribution is -2.04. The lowest BCUT2D eigenvalue weighted by Gasteiger charge is -1.96. The van der Waals surface area contributed by atoms with E-state index in [1.807, 2.05) is 0 Å². The summed E-state index contributed by atoms with van der Waals surface area (Å²) in [5, 5.41) is 0.289. The van der Waals surface area contributed by atoms with Crippen LogP contribution in [0.15, 0.2) is 27.4 Å². The molecule has 2 aromatic rings. The molecule has 2 heterocycles. The molecule has 74 valence electrons. The van der Waals surface area contributed by atoms with Gasteiger partial charge < -0.3 is 14.6 Å². The van der Waals surface area contributed by atoms with E-state index in [1.165, 1.54) is 6.26 Å². The second-order valence-corrected chi connectivity index (χ2v) is 3.30. The maximum atomic E-state index is 5.78. The molecule has 0 radical (unpaired) electrons. The number of nitrogens with two attached hydrogens (primary N) is 1. The zero-order valence-corrected chi connectivity index (χ0v) is 8.28. The van der Waals surface area contributed by atoms with Gasteiger partial charge in [0.05, 0.1) is 24.1 Å². The molecule has 0 spiro atoms. The lowest BCUT2D eigenvalue weighted by atomic mass is 10.3. The predicted molar refractivity (Wildman–Crippen MR) is 51.8 cm³/mol. The number of nitrogens with zero attached hydrogens (tertiary/aromatic N) is 1. The molecule has 0 aliphatic heterocycles. The third-order valence-corrected chi connectivity index (χ3v) is 2.09. The molecule has 0 aromatic carbocycles. The SMILES string of the molecule is CC(N)c1ncc(-c2ccoc2Cl)o1. The largest absolute Gasteiger partial charge is 0.452 e. The maximum absolute atomic E-state index is 5.78. The molecule has 0 saturated carbocycles. The summed E-state index contributed by atoms with van der Waals surface area (Å²) in [6.07, 6.45) is 3.07.